The molecule has 1 amide bonds. The molecule has 2 aromatic carbocycles. The van der Waals surface area contributed by atoms with Crippen molar-refractivity contribution in [3.05, 3.63) is 71.0 Å². The number of benzene rings is 2. The molecule has 33 heavy (non-hydrogen) atoms. The predicted octanol–water partition coefficient (Wildman–Crippen LogP) is 4.38. The fourth-order valence-electron chi connectivity index (χ4n) is 4.03. The summed E-state index contributed by atoms with van der Waals surface area (Å²) in [5.74, 6) is -1.90. The molecule has 0 spiro atoms. The summed E-state index contributed by atoms with van der Waals surface area (Å²) in [5, 5.41) is 11.2. The number of carbonyl (C=O) groups is 2. The maximum atomic E-state index is 14.9. The molecule has 0 aliphatic carbocycles. The topological polar surface area (TPSA) is 70.1 Å². The Hall–Kier alpha value is -3.19. The van der Waals surface area contributed by atoms with Gasteiger partial charge in [0.25, 0.3) is 11.7 Å². The van der Waals surface area contributed by atoms with Crippen molar-refractivity contribution in [1.29, 1.82) is 0 Å². The molecule has 7 heteroatoms. The summed E-state index contributed by atoms with van der Waals surface area (Å²) < 4.78 is 20.5. The zero-order valence-electron chi connectivity index (χ0n) is 19.4. The second-order valence-corrected chi connectivity index (χ2v) is 7.92. The van der Waals surface area contributed by atoms with Crippen molar-refractivity contribution in [2.75, 3.05) is 32.8 Å². The minimum absolute atomic E-state index is 0.114. The molecular formula is C26H31FN2O4. The molecule has 1 aliphatic rings. The van der Waals surface area contributed by atoms with Gasteiger partial charge < -0.3 is 19.6 Å². The van der Waals surface area contributed by atoms with Crippen molar-refractivity contribution in [2.45, 2.75) is 33.2 Å². The fourth-order valence-corrected chi connectivity index (χ4v) is 4.03. The van der Waals surface area contributed by atoms with Crippen LogP contribution in [0.1, 0.15) is 44.4 Å². The first-order valence-electron chi connectivity index (χ1n) is 11.4. The maximum absolute atomic E-state index is 14.9. The Morgan fingerprint density at radius 2 is 1.82 bits per heavy atom. The Morgan fingerprint density at radius 3 is 2.48 bits per heavy atom. The number of amides is 1. The van der Waals surface area contributed by atoms with Gasteiger partial charge in [-0.25, -0.2) is 4.39 Å². The highest BCUT2D eigenvalue weighted by molar-refractivity contribution is 6.46. The lowest BCUT2D eigenvalue weighted by Crippen LogP contribution is -2.38. The lowest BCUT2D eigenvalue weighted by Gasteiger charge is -2.28. The van der Waals surface area contributed by atoms with Crippen molar-refractivity contribution < 1.29 is 23.8 Å². The van der Waals surface area contributed by atoms with Crippen LogP contribution in [0.5, 0.6) is 5.75 Å². The highest BCUT2D eigenvalue weighted by atomic mass is 19.1. The molecule has 1 fully saturated rings. The van der Waals surface area contributed by atoms with E-state index in [1.165, 1.54) is 11.0 Å². The summed E-state index contributed by atoms with van der Waals surface area (Å²) >= 11 is 0. The normalized spacial score (nSPS) is 17.7. The second kappa shape index (κ2) is 11.1. The van der Waals surface area contributed by atoms with Crippen molar-refractivity contribution in [1.82, 2.24) is 9.80 Å². The number of halogens is 1. The quantitative estimate of drug-likeness (QED) is 0.328. The van der Waals surface area contributed by atoms with Crippen LogP contribution in [0.15, 0.2) is 54.1 Å². The van der Waals surface area contributed by atoms with Gasteiger partial charge >= 0.3 is 0 Å². The van der Waals surface area contributed by atoms with Gasteiger partial charge in [-0.15, -0.1) is 0 Å². The van der Waals surface area contributed by atoms with Gasteiger partial charge in [0, 0.05) is 24.2 Å². The lowest BCUT2D eigenvalue weighted by atomic mass is 9.95. The predicted molar refractivity (Wildman–Crippen MR) is 125 cm³/mol. The first-order chi connectivity index (χ1) is 15.9. The van der Waals surface area contributed by atoms with Gasteiger partial charge in [0.2, 0.25) is 0 Å². The molecule has 1 atom stereocenters. The molecule has 176 valence electrons. The Balaban J connectivity index is 2.09. The van der Waals surface area contributed by atoms with Crippen molar-refractivity contribution in [2.24, 2.45) is 0 Å². The molecule has 1 heterocycles. The summed E-state index contributed by atoms with van der Waals surface area (Å²) in [6, 6.07) is 11.7. The number of ether oxygens (including phenoxy) is 1. The average molecular weight is 455 g/mol. The molecule has 0 aromatic heterocycles. The fraction of sp³-hybridized carbons (Fsp3) is 0.385. The average Bonchev–Trinajstić information content (AvgIpc) is 3.08. The van der Waals surface area contributed by atoms with Crippen LogP contribution in [0.25, 0.3) is 5.76 Å². The van der Waals surface area contributed by atoms with E-state index in [0.717, 1.165) is 19.5 Å². The number of likely N-dealkylation sites (N-methyl/N-ethyl adjacent to an activating group) is 1. The van der Waals surface area contributed by atoms with Crippen LogP contribution in [0, 0.1) is 5.82 Å². The van der Waals surface area contributed by atoms with E-state index < -0.39 is 23.5 Å². The highest BCUT2D eigenvalue weighted by Gasteiger charge is 2.46. The molecule has 0 bridgehead atoms. The van der Waals surface area contributed by atoms with Gasteiger partial charge in [0.15, 0.2) is 0 Å². The second-order valence-electron chi connectivity index (χ2n) is 7.92. The Morgan fingerprint density at radius 1 is 1.09 bits per heavy atom. The molecule has 1 unspecified atom stereocenters. The monoisotopic (exact) mass is 454 g/mol. The molecular weight excluding hydrogens is 423 g/mol. The lowest BCUT2D eigenvalue weighted by molar-refractivity contribution is -0.140. The first kappa shape index (κ1) is 24.5. The molecule has 0 radical (unpaired) electrons. The van der Waals surface area contributed by atoms with Gasteiger partial charge in [-0.05, 0) is 37.7 Å². The van der Waals surface area contributed by atoms with Crippen molar-refractivity contribution >= 4 is 17.4 Å². The third-order valence-corrected chi connectivity index (χ3v) is 5.87. The third kappa shape index (κ3) is 5.25. The van der Waals surface area contributed by atoms with Gasteiger partial charge in [-0.1, -0.05) is 51.1 Å². The maximum Gasteiger partial charge on any atom is 0.295 e. The summed E-state index contributed by atoms with van der Waals surface area (Å²) in [4.78, 5) is 29.6. The number of hydrogen-bond acceptors (Lipinski definition) is 5. The number of carbonyl (C=O) groups excluding carboxylic acids is 2. The largest absolute Gasteiger partial charge is 0.507 e. The molecule has 3 rings (SSSR count). The standard InChI is InChI=1S/C26H31FN2O4/c1-4-16-33-19-11-9-10-18(17-19)24(30)22-23(20-12-7-8-13-21(20)27)29(26(32)25(22)31)15-14-28(5-2)6-3/h7-13,17,23,30H,4-6,14-16H2,1-3H3/b24-22-. The first-order valence-corrected chi connectivity index (χ1v) is 11.4. The van der Waals surface area contributed by atoms with Crippen LogP contribution in [-0.2, 0) is 9.59 Å². The number of aliphatic hydroxyl groups is 1. The summed E-state index contributed by atoms with van der Waals surface area (Å²) in [6.45, 7) is 8.87. The van der Waals surface area contributed by atoms with Crippen LogP contribution >= 0.6 is 0 Å². The minimum atomic E-state index is -1.01. The van der Waals surface area contributed by atoms with Gasteiger partial charge in [0.1, 0.15) is 17.3 Å². The van der Waals surface area contributed by atoms with Crippen LogP contribution in [-0.4, -0.2) is 59.4 Å². The number of likely N-dealkylation sites (tertiary alicyclic amines) is 1. The third-order valence-electron chi connectivity index (χ3n) is 5.87. The van der Waals surface area contributed by atoms with Crippen molar-refractivity contribution in [3.63, 3.8) is 0 Å². The molecule has 2 aromatic rings. The van der Waals surface area contributed by atoms with E-state index in [2.05, 4.69) is 4.90 Å². The Labute approximate surface area is 194 Å². The van der Waals surface area contributed by atoms with E-state index in [1.807, 2.05) is 20.8 Å². The highest BCUT2D eigenvalue weighted by Crippen LogP contribution is 2.40. The minimum Gasteiger partial charge on any atom is -0.507 e. The molecule has 1 N–H and O–H groups in total. The van der Waals surface area contributed by atoms with Crippen molar-refractivity contribution in [3.8, 4) is 5.75 Å². The van der Waals surface area contributed by atoms with E-state index in [-0.39, 0.29) is 23.4 Å². The number of rotatable bonds is 10. The zero-order valence-corrected chi connectivity index (χ0v) is 19.4. The van der Waals surface area contributed by atoms with E-state index in [4.69, 9.17) is 4.74 Å². The van der Waals surface area contributed by atoms with Gasteiger partial charge in [0.05, 0.1) is 18.2 Å². The molecule has 1 saturated heterocycles. The van der Waals surface area contributed by atoms with Crippen LogP contribution in [0.2, 0.25) is 0 Å². The van der Waals surface area contributed by atoms with E-state index in [1.54, 1.807) is 42.5 Å². The molecule has 6 nitrogen and oxygen atoms in total. The smallest absolute Gasteiger partial charge is 0.295 e. The van der Waals surface area contributed by atoms with Gasteiger partial charge in [-0.2, -0.15) is 0 Å². The van der Waals surface area contributed by atoms with Crippen LogP contribution in [0.4, 0.5) is 4.39 Å². The van der Waals surface area contributed by atoms with Gasteiger partial charge in [-0.3, -0.25) is 9.59 Å². The summed E-state index contributed by atoms with van der Waals surface area (Å²) in [7, 11) is 0. The number of ketones is 1. The SMILES string of the molecule is CCCOc1cccc(/C(O)=C2/C(=O)C(=O)N(CCN(CC)CC)C2c2ccccc2F)c1. The zero-order chi connectivity index (χ0) is 24.0. The van der Waals surface area contributed by atoms with E-state index in [0.29, 0.717) is 24.5 Å². The summed E-state index contributed by atoms with van der Waals surface area (Å²) in [5.41, 5.74) is 0.403. The van der Waals surface area contributed by atoms with Crippen LogP contribution in [0.3, 0.4) is 0 Å². The number of nitrogens with zero attached hydrogens (tertiary/aromatic N) is 2. The van der Waals surface area contributed by atoms with Crippen LogP contribution < -0.4 is 4.74 Å². The molecule has 1 aliphatic heterocycles. The molecule has 0 saturated carbocycles. The number of aliphatic hydroxyl groups excluding tert-OH is 1. The number of Topliss-reactive ketones (excluding diaryl/α,β-unsaturated/α-hetero) is 1. The Bertz CT molecular complexity index is 1030. The van der Waals surface area contributed by atoms with E-state index >= 15 is 0 Å². The summed E-state index contributed by atoms with van der Waals surface area (Å²) in [6.07, 6.45) is 0.821. The van der Waals surface area contributed by atoms with E-state index in [9.17, 15) is 19.1 Å². The number of hydrogen-bond donors (Lipinski definition) is 1. The Kier molecular flexibility index (Phi) is 8.22.